The van der Waals surface area contributed by atoms with E-state index in [0.29, 0.717) is 6.42 Å². The van der Waals surface area contributed by atoms with Gasteiger partial charge in [0.1, 0.15) is 15.0 Å². The van der Waals surface area contributed by atoms with Crippen LogP contribution in [0.25, 0.3) is 0 Å². The first-order chi connectivity index (χ1) is 7.65. The minimum atomic E-state index is 0.623. The first-order valence-corrected chi connectivity index (χ1v) is 6.54. The lowest BCUT2D eigenvalue weighted by Crippen LogP contribution is -1.97. The molecule has 0 radical (unpaired) electrons. The van der Waals surface area contributed by atoms with Crippen LogP contribution in [0.2, 0.25) is 5.02 Å². The number of halogens is 3. The molecule has 0 unspecified atom stereocenters. The summed E-state index contributed by atoms with van der Waals surface area (Å²) in [7, 11) is 0. The van der Waals surface area contributed by atoms with Crippen LogP contribution in [-0.4, -0.2) is 9.97 Å². The quantitative estimate of drug-likeness (QED) is 0.747. The molecule has 0 bridgehead atoms. The number of nitrogens with zero attached hydrogens (tertiary/aromatic N) is 2. The maximum Gasteiger partial charge on any atom is 0.135 e. The van der Waals surface area contributed by atoms with Crippen LogP contribution in [0.4, 0.5) is 0 Å². The van der Waals surface area contributed by atoms with E-state index >= 15 is 0 Å². The molecule has 5 heteroatoms. The Balaban J connectivity index is 2.30. The summed E-state index contributed by atoms with van der Waals surface area (Å²) in [5.41, 5.74) is 1.02. The monoisotopic (exact) mass is 360 g/mol. The van der Waals surface area contributed by atoms with Crippen molar-refractivity contribution in [3.8, 4) is 0 Å². The molecule has 1 heterocycles. The average Bonchev–Trinajstić information content (AvgIpc) is 2.20. The second-order valence-corrected chi connectivity index (χ2v) is 5.23. The first kappa shape index (κ1) is 12.0. The Hall–Kier alpha value is -0.450. The van der Waals surface area contributed by atoms with Crippen molar-refractivity contribution in [2.45, 2.75) is 6.42 Å². The molecule has 2 rings (SSSR count). The molecule has 1 aromatic heterocycles. The van der Waals surface area contributed by atoms with E-state index in [0.717, 1.165) is 25.6 Å². The maximum atomic E-state index is 6.07. The van der Waals surface area contributed by atoms with Crippen molar-refractivity contribution in [2.24, 2.45) is 0 Å². The van der Waals surface area contributed by atoms with E-state index in [9.17, 15) is 0 Å². The van der Waals surface area contributed by atoms with Gasteiger partial charge in [-0.2, -0.15) is 0 Å². The molecule has 0 aliphatic carbocycles. The molecule has 0 aliphatic heterocycles. The largest absolute Gasteiger partial charge is 0.226 e. The van der Waals surface area contributed by atoms with Crippen LogP contribution in [0.1, 0.15) is 11.4 Å². The molecule has 0 saturated carbocycles. The molecular weight excluding hydrogens is 355 g/mol. The van der Waals surface area contributed by atoms with Gasteiger partial charge in [-0.3, -0.25) is 0 Å². The predicted molar refractivity (Wildman–Crippen MR) is 71.7 cm³/mol. The summed E-state index contributed by atoms with van der Waals surface area (Å²) >= 11 is 12.7. The van der Waals surface area contributed by atoms with E-state index in [-0.39, 0.29) is 0 Å². The van der Waals surface area contributed by atoms with Crippen molar-refractivity contribution >= 4 is 43.5 Å². The van der Waals surface area contributed by atoms with Gasteiger partial charge >= 0.3 is 0 Å². The lowest BCUT2D eigenvalue weighted by molar-refractivity contribution is 0.941. The summed E-state index contributed by atoms with van der Waals surface area (Å²) in [5.74, 6) is 0.731. The molecule has 0 amide bonds. The van der Waals surface area contributed by atoms with E-state index in [1.807, 2.05) is 24.3 Å². The van der Waals surface area contributed by atoms with Gasteiger partial charge in [-0.05, 0) is 43.5 Å². The summed E-state index contributed by atoms with van der Waals surface area (Å²) in [6.07, 6.45) is 0.623. The molecule has 0 aliphatic rings. The van der Waals surface area contributed by atoms with Crippen LogP contribution in [0.5, 0.6) is 0 Å². The normalized spacial score (nSPS) is 10.4. The number of aromatic nitrogens is 2. The Labute approximate surface area is 115 Å². The van der Waals surface area contributed by atoms with Gasteiger partial charge in [0.25, 0.3) is 0 Å². The molecule has 0 saturated heterocycles. The van der Waals surface area contributed by atoms with Crippen LogP contribution in [0.3, 0.4) is 0 Å². The summed E-state index contributed by atoms with van der Waals surface area (Å²) in [6, 6.07) is 9.50. The molecule has 1 aromatic carbocycles. The smallest absolute Gasteiger partial charge is 0.135 e. The molecular formula is C11H7Br2ClN2. The van der Waals surface area contributed by atoms with Gasteiger partial charge in [0.15, 0.2) is 0 Å². The zero-order valence-electron chi connectivity index (χ0n) is 8.12. The Morgan fingerprint density at radius 1 is 1.06 bits per heavy atom. The minimum Gasteiger partial charge on any atom is -0.226 e. The van der Waals surface area contributed by atoms with E-state index in [2.05, 4.69) is 41.8 Å². The third kappa shape index (κ3) is 3.03. The van der Waals surface area contributed by atoms with Crippen molar-refractivity contribution in [1.29, 1.82) is 0 Å². The lowest BCUT2D eigenvalue weighted by atomic mass is 10.1. The van der Waals surface area contributed by atoms with Crippen LogP contribution in [0, 0.1) is 0 Å². The van der Waals surface area contributed by atoms with Crippen molar-refractivity contribution < 1.29 is 0 Å². The van der Waals surface area contributed by atoms with Gasteiger partial charge in [0, 0.05) is 17.5 Å². The standard InChI is InChI=1S/C11H7Br2ClN2/c12-9-6-10(13)16-11(15-9)5-7-3-1-2-4-8(7)14/h1-4,6H,5H2. The van der Waals surface area contributed by atoms with E-state index in [4.69, 9.17) is 11.6 Å². The fourth-order valence-electron chi connectivity index (χ4n) is 1.33. The lowest BCUT2D eigenvalue weighted by Gasteiger charge is -2.03. The van der Waals surface area contributed by atoms with Crippen LogP contribution in [-0.2, 0) is 6.42 Å². The molecule has 0 atom stereocenters. The first-order valence-electron chi connectivity index (χ1n) is 4.57. The van der Waals surface area contributed by atoms with Gasteiger partial charge in [0.2, 0.25) is 0 Å². The van der Waals surface area contributed by atoms with Gasteiger partial charge < -0.3 is 0 Å². The van der Waals surface area contributed by atoms with E-state index in [1.165, 1.54) is 0 Å². The fraction of sp³-hybridized carbons (Fsp3) is 0.0909. The van der Waals surface area contributed by atoms with Crippen molar-refractivity contribution in [3.63, 3.8) is 0 Å². The van der Waals surface area contributed by atoms with Gasteiger partial charge in [-0.1, -0.05) is 29.8 Å². The minimum absolute atomic E-state index is 0.623. The highest BCUT2D eigenvalue weighted by atomic mass is 79.9. The summed E-state index contributed by atoms with van der Waals surface area (Å²) < 4.78 is 1.52. The Morgan fingerprint density at radius 3 is 2.31 bits per heavy atom. The zero-order valence-corrected chi connectivity index (χ0v) is 12.1. The Bertz CT molecular complexity index is 497. The third-order valence-corrected chi connectivity index (χ3v) is 3.20. The van der Waals surface area contributed by atoms with Crippen molar-refractivity contribution in [2.75, 3.05) is 0 Å². The second-order valence-electron chi connectivity index (χ2n) is 3.20. The Morgan fingerprint density at radius 2 is 1.69 bits per heavy atom. The highest BCUT2D eigenvalue weighted by molar-refractivity contribution is 9.11. The van der Waals surface area contributed by atoms with Crippen LogP contribution in [0.15, 0.2) is 39.5 Å². The third-order valence-electron chi connectivity index (χ3n) is 2.02. The van der Waals surface area contributed by atoms with E-state index < -0.39 is 0 Å². The average molecular weight is 362 g/mol. The Kier molecular flexibility index (Phi) is 3.95. The fourth-order valence-corrected chi connectivity index (χ4v) is 2.68. The topological polar surface area (TPSA) is 25.8 Å². The molecule has 2 aromatic rings. The summed E-state index contributed by atoms with van der Waals surface area (Å²) in [4.78, 5) is 8.57. The maximum absolute atomic E-state index is 6.07. The molecule has 2 nitrogen and oxygen atoms in total. The van der Waals surface area contributed by atoms with Gasteiger partial charge in [-0.25, -0.2) is 9.97 Å². The number of benzene rings is 1. The molecule has 0 spiro atoms. The number of rotatable bonds is 2. The summed E-state index contributed by atoms with van der Waals surface area (Å²) in [5, 5.41) is 0.738. The molecule has 0 N–H and O–H groups in total. The van der Waals surface area contributed by atoms with Crippen molar-refractivity contribution in [1.82, 2.24) is 9.97 Å². The molecule has 82 valence electrons. The van der Waals surface area contributed by atoms with Crippen molar-refractivity contribution in [3.05, 3.63) is 55.9 Å². The SMILES string of the molecule is Clc1ccccc1Cc1nc(Br)cc(Br)n1. The van der Waals surface area contributed by atoms with Gasteiger partial charge in [-0.15, -0.1) is 0 Å². The van der Waals surface area contributed by atoms with E-state index in [1.54, 1.807) is 6.07 Å². The highest BCUT2D eigenvalue weighted by Gasteiger charge is 2.05. The van der Waals surface area contributed by atoms with Gasteiger partial charge in [0.05, 0.1) is 0 Å². The summed E-state index contributed by atoms with van der Waals surface area (Å²) in [6.45, 7) is 0. The number of hydrogen-bond acceptors (Lipinski definition) is 2. The van der Waals surface area contributed by atoms with Crippen LogP contribution < -0.4 is 0 Å². The molecule has 16 heavy (non-hydrogen) atoms. The second kappa shape index (κ2) is 5.25. The number of hydrogen-bond donors (Lipinski definition) is 0. The predicted octanol–water partition coefficient (Wildman–Crippen LogP) is 4.25. The van der Waals surface area contributed by atoms with Crippen LogP contribution >= 0.6 is 43.5 Å². The zero-order chi connectivity index (χ0) is 11.5. The highest BCUT2D eigenvalue weighted by Crippen LogP contribution is 2.19. The molecule has 0 fully saturated rings.